The summed E-state index contributed by atoms with van der Waals surface area (Å²) >= 11 is 0. The molecule has 2 aliphatic carbocycles. The van der Waals surface area contributed by atoms with Crippen molar-refractivity contribution in [1.29, 1.82) is 0 Å². The maximum absolute atomic E-state index is 5.77. The van der Waals surface area contributed by atoms with E-state index in [9.17, 15) is 0 Å². The van der Waals surface area contributed by atoms with Crippen LogP contribution in [0.4, 0.5) is 0 Å². The van der Waals surface area contributed by atoms with Gasteiger partial charge >= 0.3 is 0 Å². The molecule has 12 rings (SSSR count). The summed E-state index contributed by atoms with van der Waals surface area (Å²) in [5.41, 5.74) is 10.3. The lowest BCUT2D eigenvalue weighted by Crippen LogP contribution is -2.10. The standard InChI is InChI=1S/C52H38N4/c1-31-29-42-46-43(30-31)50-47(53-51(55(50)35-20-4-3-5-21-35)38-24-12-18-33-16-7-9-22-36(33)38)40-26-14-27-41(45(40)46)49-48(42)54-52(56(49)44-28-11-6-15-32(44)2)39-25-13-19-34-17-8-10-23-37(34)39/h4,6-14,16-30,32H,3,5,15H2,1-2H3. The van der Waals surface area contributed by atoms with Crippen LogP contribution in [0.15, 0.2) is 152 Å². The van der Waals surface area contributed by atoms with Gasteiger partial charge in [-0.2, -0.15) is 0 Å². The third-order valence-electron chi connectivity index (χ3n) is 12.3. The van der Waals surface area contributed by atoms with Crippen LogP contribution in [-0.4, -0.2) is 19.1 Å². The average Bonchev–Trinajstić information content (AvgIpc) is 3.84. The number of allylic oxidation sites excluding steroid dienone is 8. The first kappa shape index (κ1) is 31.6. The summed E-state index contributed by atoms with van der Waals surface area (Å²) in [6.07, 6.45) is 16.8. The van der Waals surface area contributed by atoms with Gasteiger partial charge in [0.2, 0.25) is 0 Å². The predicted octanol–water partition coefficient (Wildman–Crippen LogP) is 13.9. The van der Waals surface area contributed by atoms with Crippen molar-refractivity contribution >= 4 is 87.3 Å². The van der Waals surface area contributed by atoms with E-state index in [0.29, 0.717) is 5.92 Å². The van der Waals surface area contributed by atoms with E-state index in [-0.39, 0.29) is 0 Å². The summed E-state index contributed by atoms with van der Waals surface area (Å²) < 4.78 is 4.95. The molecule has 1 atom stereocenters. The zero-order valence-electron chi connectivity index (χ0n) is 31.4. The molecule has 56 heavy (non-hydrogen) atoms. The highest BCUT2D eigenvalue weighted by Gasteiger charge is 2.29. The lowest BCUT2D eigenvalue weighted by atomic mass is 9.90. The van der Waals surface area contributed by atoms with Gasteiger partial charge in [-0.3, -0.25) is 9.13 Å². The fraction of sp³-hybridized carbons (Fsp3) is 0.115. The summed E-state index contributed by atoms with van der Waals surface area (Å²) in [4.78, 5) is 11.5. The third kappa shape index (κ3) is 4.35. The third-order valence-corrected chi connectivity index (χ3v) is 12.3. The minimum atomic E-state index is 0.323. The SMILES string of the molecule is Cc1cc2c3nc(-c4cccc5ccccc45)n(C4=CC=CCC4C)c3c3cccc4c5nc(-c6cccc7ccccc67)n(C6=CCCC=C6)c5c(c1)c2c43. The van der Waals surface area contributed by atoms with Crippen molar-refractivity contribution in [3.63, 3.8) is 0 Å². The molecule has 2 aliphatic rings. The molecule has 0 saturated carbocycles. The van der Waals surface area contributed by atoms with Crippen LogP contribution in [0.3, 0.4) is 0 Å². The Morgan fingerprint density at radius 1 is 0.571 bits per heavy atom. The maximum Gasteiger partial charge on any atom is 0.146 e. The molecule has 0 radical (unpaired) electrons. The number of rotatable bonds is 4. The Hall–Kier alpha value is -6.78. The van der Waals surface area contributed by atoms with Crippen LogP contribution < -0.4 is 0 Å². The van der Waals surface area contributed by atoms with Crippen molar-refractivity contribution in [3.8, 4) is 22.8 Å². The summed E-state index contributed by atoms with van der Waals surface area (Å²) in [6, 6.07) is 42.2. The quantitative estimate of drug-likeness (QED) is 0.170. The average molecular weight is 719 g/mol. The van der Waals surface area contributed by atoms with E-state index in [1.807, 2.05) is 0 Å². The van der Waals surface area contributed by atoms with E-state index in [1.54, 1.807) is 0 Å². The van der Waals surface area contributed by atoms with E-state index in [0.717, 1.165) is 64.1 Å². The molecular weight excluding hydrogens is 681 g/mol. The molecule has 0 bridgehead atoms. The molecule has 266 valence electrons. The number of aromatic nitrogens is 4. The predicted molar refractivity (Wildman–Crippen MR) is 237 cm³/mol. The molecule has 0 fully saturated rings. The lowest BCUT2D eigenvalue weighted by molar-refractivity contribution is 0.720. The number of fused-ring (bicyclic) bond motifs is 8. The van der Waals surface area contributed by atoms with Gasteiger partial charge in [0.05, 0.1) is 22.1 Å². The topological polar surface area (TPSA) is 35.6 Å². The first-order valence-electron chi connectivity index (χ1n) is 19.9. The van der Waals surface area contributed by atoms with E-state index in [1.165, 1.54) is 70.8 Å². The second kappa shape index (κ2) is 11.9. The second-order valence-corrected chi connectivity index (χ2v) is 15.7. The summed E-state index contributed by atoms with van der Waals surface area (Å²) in [5.74, 6) is 2.29. The Labute approximate surface area is 324 Å². The summed E-state index contributed by atoms with van der Waals surface area (Å²) in [5, 5.41) is 12.1. The molecule has 4 heteroatoms. The lowest BCUT2D eigenvalue weighted by Gasteiger charge is -2.23. The maximum atomic E-state index is 5.77. The van der Waals surface area contributed by atoms with Crippen LogP contribution in [0.25, 0.3) is 110 Å². The molecule has 1 unspecified atom stereocenters. The van der Waals surface area contributed by atoms with Crippen LogP contribution in [0.5, 0.6) is 0 Å². The molecule has 8 aromatic carbocycles. The molecule has 0 amide bonds. The number of nitrogens with zero attached hydrogens (tertiary/aromatic N) is 4. The van der Waals surface area contributed by atoms with E-state index in [4.69, 9.17) is 9.97 Å². The number of hydrogen-bond donors (Lipinski definition) is 0. The van der Waals surface area contributed by atoms with Crippen LogP contribution in [0.1, 0.15) is 31.7 Å². The van der Waals surface area contributed by atoms with E-state index >= 15 is 0 Å². The van der Waals surface area contributed by atoms with Gasteiger partial charge in [-0.25, -0.2) is 9.97 Å². The largest absolute Gasteiger partial charge is 0.295 e. The van der Waals surface area contributed by atoms with Crippen molar-refractivity contribution in [3.05, 3.63) is 157 Å². The summed E-state index contributed by atoms with van der Waals surface area (Å²) in [7, 11) is 0. The van der Waals surface area contributed by atoms with Gasteiger partial charge in [0.25, 0.3) is 0 Å². The zero-order chi connectivity index (χ0) is 37.1. The van der Waals surface area contributed by atoms with Gasteiger partial charge in [-0.05, 0) is 77.6 Å². The molecule has 0 saturated heterocycles. The highest BCUT2D eigenvalue weighted by Crippen LogP contribution is 2.49. The molecule has 0 spiro atoms. The van der Waals surface area contributed by atoms with Crippen molar-refractivity contribution in [1.82, 2.24) is 19.1 Å². The highest BCUT2D eigenvalue weighted by atomic mass is 15.1. The highest BCUT2D eigenvalue weighted by molar-refractivity contribution is 6.39. The van der Waals surface area contributed by atoms with Gasteiger partial charge in [-0.15, -0.1) is 0 Å². The monoisotopic (exact) mass is 718 g/mol. The van der Waals surface area contributed by atoms with Crippen LogP contribution in [0, 0.1) is 12.8 Å². The van der Waals surface area contributed by atoms with Crippen LogP contribution in [-0.2, 0) is 0 Å². The van der Waals surface area contributed by atoms with Crippen molar-refractivity contribution in [2.75, 3.05) is 0 Å². The van der Waals surface area contributed by atoms with E-state index < -0.39 is 0 Å². The van der Waals surface area contributed by atoms with Crippen molar-refractivity contribution in [2.45, 2.75) is 33.1 Å². The molecular formula is C52H38N4. The number of aryl methyl sites for hydroxylation is 1. The first-order chi connectivity index (χ1) is 27.6. The minimum Gasteiger partial charge on any atom is -0.295 e. The Bertz CT molecular complexity index is 3410. The Balaban J connectivity index is 1.30. The fourth-order valence-corrected chi connectivity index (χ4v) is 9.86. The molecule has 0 N–H and O–H groups in total. The number of imidazole rings is 2. The molecule has 10 aromatic rings. The van der Waals surface area contributed by atoms with Crippen molar-refractivity contribution < 1.29 is 0 Å². The van der Waals surface area contributed by atoms with Gasteiger partial charge < -0.3 is 0 Å². The Morgan fingerprint density at radius 2 is 1.16 bits per heavy atom. The van der Waals surface area contributed by atoms with Crippen LogP contribution >= 0.6 is 0 Å². The molecule has 0 aliphatic heterocycles. The van der Waals surface area contributed by atoms with E-state index in [2.05, 4.69) is 175 Å². The van der Waals surface area contributed by atoms with Gasteiger partial charge in [0.15, 0.2) is 0 Å². The van der Waals surface area contributed by atoms with Gasteiger partial charge in [0, 0.05) is 60.8 Å². The molecule has 2 heterocycles. The van der Waals surface area contributed by atoms with Crippen LogP contribution in [0.2, 0.25) is 0 Å². The number of benzene rings is 8. The molecule has 2 aromatic heterocycles. The number of hydrogen-bond acceptors (Lipinski definition) is 2. The first-order valence-corrected chi connectivity index (χ1v) is 19.9. The Morgan fingerprint density at radius 3 is 1.88 bits per heavy atom. The summed E-state index contributed by atoms with van der Waals surface area (Å²) in [6.45, 7) is 4.58. The fourth-order valence-electron chi connectivity index (χ4n) is 9.86. The van der Waals surface area contributed by atoms with Gasteiger partial charge in [-0.1, -0.05) is 134 Å². The Kier molecular flexibility index (Phi) is 6.68. The molecule has 4 nitrogen and oxygen atoms in total. The normalized spacial score (nSPS) is 16.1. The smallest absolute Gasteiger partial charge is 0.146 e. The second-order valence-electron chi connectivity index (χ2n) is 15.7. The zero-order valence-corrected chi connectivity index (χ0v) is 31.4. The van der Waals surface area contributed by atoms with Gasteiger partial charge in [0.1, 0.15) is 11.6 Å². The van der Waals surface area contributed by atoms with Crippen molar-refractivity contribution in [2.24, 2.45) is 5.92 Å². The minimum absolute atomic E-state index is 0.323.